The molecule has 0 saturated heterocycles. The van der Waals surface area contributed by atoms with Crippen molar-refractivity contribution < 1.29 is 19.4 Å². The zero-order valence-corrected chi connectivity index (χ0v) is 11.5. The van der Waals surface area contributed by atoms with Crippen molar-refractivity contribution in [3.05, 3.63) is 34.9 Å². The summed E-state index contributed by atoms with van der Waals surface area (Å²) in [5.41, 5.74) is 0.663. The van der Waals surface area contributed by atoms with Crippen molar-refractivity contribution >= 4 is 23.7 Å². The molecule has 104 valence electrons. The zero-order chi connectivity index (χ0) is 14.4. The number of ether oxygens (including phenoxy) is 1. The molecule has 0 aliphatic heterocycles. The molecule has 0 spiro atoms. The van der Waals surface area contributed by atoms with Crippen LogP contribution >= 0.6 is 11.6 Å². The first-order valence-corrected chi connectivity index (χ1v) is 6.19. The van der Waals surface area contributed by atoms with Crippen molar-refractivity contribution in [2.45, 2.75) is 26.5 Å². The van der Waals surface area contributed by atoms with Crippen molar-refractivity contribution in [2.75, 3.05) is 0 Å². The third-order valence-electron chi connectivity index (χ3n) is 2.52. The van der Waals surface area contributed by atoms with Gasteiger partial charge < -0.3 is 15.2 Å². The molecule has 1 aromatic carbocycles. The van der Waals surface area contributed by atoms with Gasteiger partial charge in [-0.2, -0.15) is 0 Å². The van der Waals surface area contributed by atoms with Crippen LogP contribution in [0.2, 0.25) is 5.02 Å². The van der Waals surface area contributed by atoms with E-state index in [1.54, 1.807) is 38.1 Å². The summed E-state index contributed by atoms with van der Waals surface area (Å²) >= 11 is 5.91. The van der Waals surface area contributed by atoms with Gasteiger partial charge in [-0.1, -0.05) is 43.6 Å². The molecule has 0 aromatic heterocycles. The number of benzene rings is 1. The molecular formula is C13H16ClNO4. The van der Waals surface area contributed by atoms with Gasteiger partial charge >= 0.3 is 12.1 Å². The average Bonchev–Trinajstić information content (AvgIpc) is 2.34. The van der Waals surface area contributed by atoms with Crippen LogP contribution in [-0.2, 0) is 16.1 Å². The number of amides is 1. The Morgan fingerprint density at radius 2 is 2.00 bits per heavy atom. The monoisotopic (exact) mass is 285 g/mol. The van der Waals surface area contributed by atoms with Gasteiger partial charge in [-0.25, -0.2) is 9.59 Å². The molecule has 0 radical (unpaired) electrons. The van der Waals surface area contributed by atoms with Gasteiger partial charge in [0.25, 0.3) is 0 Å². The number of hydrogen-bond acceptors (Lipinski definition) is 3. The third-order valence-corrected chi connectivity index (χ3v) is 2.89. The number of carboxylic acids is 1. The number of hydrogen-bond donors (Lipinski definition) is 2. The maximum atomic E-state index is 11.5. The summed E-state index contributed by atoms with van der Waals surface area (Å²) in [4.78, 5) is 22.4. The summed E-state index contributed by atoms with van der Waals surface area (Å²) in [6.45, 7) is 3.40. The lowest BCUT2D eigenvalue weighted by atomic mass is 10.1. The minimum atomic E-state index is -1.09. The minimum Gasteiger partial charge on any atom is -0.480 e. The Labute approximate surface area is 116 Å². The number of rotatable bonds is 5. The van der Waals surface area contributed by atoms with Gasteiger partial charge in [-0.15, -0.1) is 0 Å². The summed E-state index contributed by atoms with van der Waals surface area (Å²) in [5, 5.41) is 11.7. The molecule has 0 aliphatic carbocycles. The smallest absolute Gasteiger partial charge is 0.408 e. The molecule has 0 bridgehead atoms. The molecule has 0 fully saturated rings. The van der Waals surface area contributed by atoms with E-state index in [9.17, 15) is 9.59 Å². The second-order valence-corrected chi connectivity index (χ2v) is 4.78. The molecule has 1 rings (SSSR count). The lowest BCUT2D eigenvalue weighted by molar-refractivity contribution is -0.140. The maximum Gasteiger partial charge on any atom is 0.408 e. The van der Waals surface area contributed by atoms with Crippen LogP contribution in [-0.4, -0.2) is 23.2 Å². The Balaban J connectivity index is 2.52. The first-order chi connectivity index (χ1) is 8.91. The van der Waals surface area contributed by atoms with E-state index in [4.69, 9.17) is 21.4 Å². The second kappa shape index (κ2) is 6.99. The molecule has 1 atom stereocenters. The molecular weight excluding hydrogens is 270 g/mol. The number of carbonyl (C=O) groups is 2. The van der Waals surface area contributed by atoms with Crippen LogP contribution in [0.3, 0.4) is 0 Å². The predicted octanol–water partition coefficient (Wildman–Crippen LogP) is 2.68. The Kier molecular flexibility index (Phi) is 5.63. The Morgan fingerprint density at radius 3 is 2.53 bits per heavy atom. The van der Waals surface area contributed by atoms with E-state index in [1.165, 1.54) is 0 Å². The first-order valence-electron chi connectivity index (χ1n) is 5.81. The van der Waals surface area contributed by atoms with E-state index >= 15 is 0 Å². The topological polar surface area (TPSA) is 75.6 Å². The normalized spacial score (nSPS) is 12.0. The molecule has 5 nitrogen and oxygen atoms in total. The number of carbonyl (C=O) groups excluding carboxylic acids is 1. The highest BCUT2D eigenvalue weighted by Gasteiger charge is 2.24. The van der Waals surface area contributed by atoms with Crippen molar-refractivity contribution in [1.82, 2.24) is 5.32 Å². The fourth-order valence-corrected chi connectivity index (χ4v) is 1.63. The number of nitrogens with one attached hydrogen (secondary N) is 1. The molecule has 1 amide bonds. The van der Waals surface area contributed by atoms with Gasteiger partial charge in [0.05, 0.1) is 0 Å². The van der Waals surface area contributed by atoms with Crippen LogP contribution in [0.4, 0.5) is 4.79 Å². The van der Waals surface area contributed by atoms with E-state index in [0.717, 1.165) is 0 Å². The van der Waals surface area contributed by atoms with Crippen LogP contribution in [0.25, 0.3) is 0 Å². The Morgan fingerprint density at radius 1 is 1.37 bits per heavy atom. The van der Waals surface area contributed by atoms with E-state index in [-0.39, 0.29) is 12.5 Å². The van der Waals surface area contributed by atoms with E-state index < -0.39 is 18.1 Å². The third kappa shape index (κ3) is 4.79. The Hall–Kier alpha value is -1.75. The molecule has 6 heteroatoms. The van der Waals surface area contributed by atoms with Crippen LogP contribution in [0.1, 0.15) is 19.4 Å². The summed E-state index contributed by atoms with van der Waals surface area (Å²) in [6.07, 6.45) is -0.777. The number of carboxylic acid groups (broad SMARTS) is 1. The van der Waals surface area contributed by atoms with Gasteiger partial charge in [0.1, 0.15) is 12.6 Å². The lowest BCUT2D eigenvalue weighted by Gasteiger charge is -2.17. The van der Waals surface area contributed by atoms with Gasteiger partial charge in [0, 0.05) is 10.6 Å². The van der Waals surface area contributed by atoms with Crippen molar-refractivity contribution in [1.29, 1.82) is 0 Å². The van der Waals surface area contributed by atoms with Crippen molar-refractivity contribution in [3.63, 3.8) is 0 Å². The predicted molar refractivity (Wildman–Crippen MR) is 71.0 cm³/mol. The standard InChI is InChI=1S/C13H16ClNO4/c1-8(2)11(12(16)17)15-13(18)19-7-9-5-3-4-6-10(9)14/h3-6,8,11H,7H2,1-2H3,(H,15,18)(H,16,17). The fraction of sp³-hybridized carbons (Fsp3) is 0.385. The number of aliphatic carboxylic acids is 1. The average molecular weight is 286 g/mol. The van der Waals surface area contributed by atoms with E-state index in [2.05, 4.69) is 5.32 Å². The van der Waals surface area contributed by atoms with Crippen LogP contribution < -0.4 is 5.32 Å². The van der Waals surface area contributed by atoms with Gasteiger partial charge in [-0.3, -0.25) is 0 Å². The number of alkyl carbamates (subject to hydrolysis) is 1. The zero-order valence-electron chi connectivity index (χ0n) is 10.7. The highest BCUT2D eigenvalue weighted by molar-refractivity contribution is 6.31. The minimum absolute atomic E-state index is 0.00403. The summed E-state index contributed by atoms with van der Waals surface area (Å²) in [6, 6.07) is 5.99. The highest BCUT2D eigenvalue weighted by atomic mass is 35.5. The van der Waals surface area contributed by atoms with Gasteiger partial charge in [0.15, 0.2) is 0 Å². The second-order valence-electron chi connectivity index (χ2n) is 4.37. The summed E-state index contributed by atoms with van der Waals surface area (Å²) in [7, 11) is 0. The SMILES string of the molecule is CC(C)C(NC(=O)OCc1ccccc1Cl)C(=O)O. The lowest BCUT2D eigenvalue weighted by Crippen LogP contribution is -2.44. The molecule has 2 N–H and O–H groups in total. The quantitative estimate of drug-likeness (QED) is 0.872. The van der Waals surface area contributed by atoms with Crippen LogP contribution in [0.15, 0.2) is 24.3 Å². The molecule has 1 aromatic rings. The molecule has 0 aliphatic rings. The highest BCUT2D eigenvalue weighted by Crippen LogP contribution is 2.15. The first kappa shape index (κ1) is 15.3. The largest absolute Gasteiger partial charge is 0.480 e. The molecule has 0 heterocycles. The van der Waals surface area contributed by atoms with Crippen LogP contribution in [0.5, 0.6) is 0 Å². The van der Waals surface area contributed by atoms with Crippen molar-refractivity contribution in [2.24, 2.45) is 5.92 Å². The van der Waals surface area contributed by atoms with Crippen LogP contribution in [0, 0.1) is 5.92 Å². The maximum absolute atomic E-state index is 11.5. The summed E-state index contributed by atoms with van der Waals surface area (Å²) in [5.74, 6) is -1.32. The molecule has 19 heavy (non-hydrogen) atoms. The molecule has 1 unspecified atom stereocenters. The Bertz CT molecular complexity index is 462. The van der Waals surface area contributed by atoms with Gasteiger partial charge in [-0.05, 0) is 12.0 Å². The molecule has 0 saturated carbocycles. The van der Waals surface area contributed by atoms with Crippen molar-refractivity contribution in [3.8, 4) is 0 Å². The number of halogens is 1. The van der Waals surface area contributed by atoms with E-state index in [0.29, 0.717) is 10.6 Å². The summed E-state index contributed by atoms with van der Waals surface area (Å²) < 4.78 is 4.94. The fourth-order valence-electron chi connectivity index (χ4n) is 1.44. The van der Waals surface area contributed by atoms with Gasteiger partial charge in [0.2, 0.25) is 0 Å². The van der Waals surface area contributed by atoms with E-state index in [1.807, 2.05) is 0 Å².